The molecule has 3 heterocycles. The minimum Gasteiger partial charge on any atom is -0.484 e. The molecule has 0 spiro atoms. The zero-order valence-corrected chi connectivity index (χ0v) is 25.1. The van der Waals surface area contributed by atoms with Gasteiger partial charge in [0.05, 0.1) is 11.7 Å². The number of anilines is 2. The van der Waals surface area contributed by atoms with Gasteiger partial charge in [0.25, 0.3) is 5.91 Å². The number of rotatable bonds is 8. The van der Waals surface area contributed by atoms with Gasteiger partial charge in [-0.1, -0.05) is 46.3 Å². The number of nitrogens with one attached hydrogen (secondary N) is 2. The van der Waals surface area contributed by atoms with Gasteiger partial charge in [0, 0.05) is 27.6 Å². The molecule has 210 valence electrons. The van der Waals surface area contributed by atoms with E-state index in [4.69, 9.17) is 21.4 Å². The van der Waals surface area contributed by atoms with E-state index in [9.17, 15) is 4.79 Å². The maximum absolute atomic E-state index is 12.5. The smallest absolute Gasteiger partial charge is 0.262 e. The van der Waals surface area contributed by atoms with Gasteiger partial charge in [0.15, 0.2) is 11.7 Å². The molecular weight excluding hydrogens is 612 g/mol. The molecule has 1 aliphatic rings. The van der Waals surface area contributed by atoms with E-state index in [1.807, 2.05) is 95.9 Å². The van der Waals surface area contributed by atoms with Crippen molar-refractivity contribution in [2.75, 3.05) is 16.8 Å². The van der Waals surface area contributed by atoms with Crippen molar-refractivity contribution >= 4 is 50.5 Å². The van der Waals surface area contributed by atoms with Crippen molar-refractivity contribution in [3.63, 3.8) is 0 Å². The van der Waals surface area contributed by atoms with Crippen molar-refractivity contribution in [3.8, 4) is 17.1 Å². The molecule has 0 bridgehead atoms. The van der Waals surface area contributed by atoms with E-state index >= 15 is 0 Å². The molecule has 7 nitrogen and oxygen atoms in total. The fraction of sp³-hybridized carbons (Fsp3) is 0.121. The number of carbonyl (C=O) groups excluding carboxylic acids is 1. The topological polar surface area (TPSA) is 79.6 Å². The zero-order chi connectivity index (χ0) is 29.1. The minimum absolute atomic E-state index is 0.0857. The molecule has 0 aliphatic carbocycles. The maximum atomic E-state index is 12.5. The van der Waals surface area contributed by atoms with Crippen molar-refractivity contribution in [1.29, 1.82) is 0 Å². The second-order valence-electron chi connectivity index (χ2n) is 9.88. The highest BCUT2D eigenvalue weighted by molar-refractivity contribution is 9.10. The number of pyridine rings is 1. The minimum atomic E-state index is -0.301. The molecule has 2 atom stereocenters. The average Bonchev–Trinajstić information content (AvgIpc) is 3.62. The Bertz CT molecular complexity index is 1710. The molecule has 3 aromatic carbocycles. The number of thiocarbonyl (C=S) groups is 1. The Kier molecular flexibility index (Phi) is 8.03. The third-order valence-electron chi connectivity index (χ3n) is 6.95. The number of hydrogen-bond acceptors (Lipinski definition) is 5. The van der Waals surface area contributed by atoms with Crippen LogP contribution in [0.3, 0.4) is 0 Å². The van der Waals surface area contributed by atoms with E-state index in [1.54, 1.807) is 6.20 Å². The van der Waals surface area contributed by atoms with Crippen molar-refractivity contribution in [2.45, 2.75) is 19.0 Å². The Morgan fingerprint density at radius 2 is 1.81 bits per heavy atom. The highest BCUT2D eigenvalue weighted by Gasteiger charge is 2.42. The molecule has 9 heteroatoms. The lowest BCUT2D eigenvalue weighted by atomic mass is 10.0. The third kappa shape index (κ3) is 5.93. The van der Waals surface area contributed by atoms with Gasteiger partial charge in [-0.15, -0.1) is 0 Å². The number of para-hydroxylation sites is 1. The van der Waals surface area contributed by atoms with Gasteiger partial charge in [-0.05, 0) is 97.5 Å². The summed E-state index contributed by atoms with van der Waals surface area (Å²) < 4.78 is 13.0. The number of amides is 1. The molecule has 0 radical (unpaired) electrons. The summed E-state index contributed by atoms with van der Waals surface area (Å²) in [6.07, 6.45) is 1.77. The van der Waals surface area contributed by atoms with E-state index in [0.717, 1.165) is 38.5 Å². The van der Waals surface area contributed by atoms with Crippen LogP contribution in [0.15, 0.2) is 118 Å². The quantitative estimate of drug-likeness (QED) is 0.169. The van der Waals surface area contributed by atoms with Gasteiger partial charge in [-0.25, -0.2) is 0 Å². The Morgan fingerprint density at radius 3 is 2.55 bits per heavy atom. The van der Waals surface area contributed by atoms with E-state index in [-0.39, 0.29) is 24.6 Å². The number of furan rings is 1. The Balaban J connectivity index is 1.26. The molecule has 42 heavy (non-hydrogen) atoms. The van der Waals surface area contributed by atoms with E-state index in [2.05, 4.69) is 50.6 Å². The first-order valence-corrected chi connectivity index (χ1v) is 14.6. The summed E-state index contributed by atoms with van der Waals surface area (Å²) >= 11 is 9.52. The van der Waals surface area contributed by atoms with Crippen molar-refractivity contribution in [3.05, 3.63) is 131 Å². The Labute approximate surface area is 257 Å². The van der Waals surface area contributed by atoms with Crippen molar-refractivity contribution < 1.29 is 13.9 Å². The summed E-state index contributed by atoms with van der Waals surface area (Å²) in [5, 5.41) is 6.89. The number of halogens is 1. The Hall–Kier alpha value is -4.47. The summed E-state index contributed by atoms with van der Waals surface area (Å²) in [4.78, 5) is 19.1. The number of ether oxygens (including phenoxy) is 1. The predicted molar refractivity (Wildman–Crippen MR) is 172 cm³/mol. The number of aromatic nitrogens is 1. The number of carbonyl (C=O) groups is 1. The molecule has 1 saturated heterocycles. The van der Waals surface area contributed by atoms with Gasteiger partial charge < -0.3 is 24.7 Å². The normalized spacial score (nSPS) is 16.2. The summed E-state index contributed by atoms with van der Waals surface area (Å²) in [6, 6.07) is 32.2. The van der Waals surface area contributed by atoms with Gasteiger partial charge in [-0.2, -0.15) is 0 Å². The van der Waals surface area contributed by atoms with Gasteiger partial charge >= 0.3 is 0 Å². The first kappa shape index (κ1) is 27.7. The Morgan fingerprint density at radius 1 is 1.02 bits per heavy atom. The summed E-state index contributed by atoms with van der Waals surface area (Å²) in [6.45, 7) is 1.97. The van der Waals surface area contributed by atoms with Crippen molar-refractivity contribution in [2.24, 2.45) is 0 Å². The lowest BCUT2D eigenvalue weighted by Gasteiger charge is -2.26. The molecule has 6 rings (SSSR count). The van der Waals surface area contributed by atoms with Crippen LogP contribution in [0, 0.1) is 6.92 Å². The SMILES string of the molecule is Cc1ccc(-c2ccc([C@@H]3[C@@H](c4ccccn4)NC(=S)N3c3ccc(NC(=O)COc4ccccc4)cc3)o2)c(Br)c1. The number of hydrogen-bond donors (Lipinski definition) is 2. The maximum Gasteiger partial charge on any atom is 0.262 e. The van der Waals surface area contributed by atoms with Gasteiger partial charge in [-0.3, -0.25) is 9.78 Å². The first-order chi connectivity index (χ1) is 20.5. The number of aryl methyl sites for hydroxylation is 1. The molecule has 1 amide bonds. The summed E-state index contributed by atoms with van der Waals surface area (Å²) in [7, 11) is 0. The van der Waals surface area contributed by atoms with Crippen LogP contribution in [-0.4, -0.2) is 22.6 Å². The summed E-state index contributed by atoms with van der Waals surface area (Å²) in [5.41, 5.74) is 4.49. The van der Waals surface area contributed by atoms with Crippen LogP contribution in [0.2, 0.25) is 0 Å². The lowest BCUT2D eigenvalue weighted by Crippen LogP contribution is -2.29. The highest BCUT2D eigenvalue weighted by atomic mass is 79.9. The first-order valence-electron chi connectivity index (χ1n) is 13.4. The van der Waals surface area contributed by atoms with Crippen molar-refractivity contribution in [1.82, 2.24) is 10.3 Å². The molecule has 2 aromatic heterocycles. The van der Waals surface area contributed by atoms with E-state index in [1.165, 1.54) is 0 Å². The monoisotopic (exact) mass is 638 g/mol. The van der Waals surface area contributed by atoms with Crippen LogP contribution < -0.4 is 20.3 Å². The highest BCUT2D eigenvalue weighted by Crippen LogP contribution is 2.43. The third-order valence-corrected chi connectivity index (χ3v) is 7.92. The predicted octanol–water partition coefficient (Wildman–Crippen LogP) is 7.61. The molecule has 1 fully saturated rings. The van der Waals surface area contributed by atoms with Crippen LogP contribution in [0.1, 0.15) is 29.1 Å². The molecule has 0 unspecified atom stereocenters. The van der Waals surface area contributed by atoms with Crippen LogP contribution in [0.25, 0.3) is 11.3 Å². The average molecular weight is 640 g/mol. The molecule has 1 aliphatic heterocycles. The largest absolute Gasteiger partial charge is 0.484 e. The lowest BCUT2D eigenvalue weighted by molar-refractivity contribution is -0.118. The number of nitrogens with zero attached hydrogens (tertiary/aromatic N) is 2. The van der Waals surface area contributed by atoms with Crippen LogP contribution >= 0.6 is 28.1 Å². The van der Waals surface area contributed by atoms with E-state index in [0.29, 0.717) is 16.5 Å². The van der Waals surface area contributed by atoms with Gasteiger partial charge in [0.1, 0.15) is 23.3 Å². The standard InChI is InChI=1S/C33H27BrN4O3S/c1-21-10-15-25(26(34)19-21)28-16-17-29(41-28)32-31(27-9-5-6-18-35-27)37-33(42)38(32)23-13-11-22(12-14-23)36-30(39)20-40-24-7-3-2-4-8-24/h2-19,31-32H,20H2,1H3,(H,36,39)(H,37,42)/t31-,32-/m1/s1. The van der Waals surface area contributed by atoms with Crippen LogP contribution in [0.4, 0.5) is 11.4 Å². The fourth-order valence-corrected chi connectivity index (χ4v) is 6.00. The molecular formula is C33H27BrN4O3S. The molecule has 0 saturated carbocycles. The zero-order valence-electron chi connectivity index (χ0n) is 22.7. The van der Waals surface area contributed by atoms with Crippen LogP contribution in [-0.2, 0) is 4.79 Å². The second kappa shape index (κ2) is 12.2. The number of benzene rings is 3. The van der Waals surface area contributed by atoms with Gasteiger partial charge in [0.2, 0.25) is 0 Å². The fourth-order valence-electron chi connectivity index (χ4n) is 4.97. The summed E-state index contributed by atoms with van der Waals surface area (Å²) in [5.74, 6) is 1.90. The van der Waals surface area contributed by atoms with E-state index < -0.39 is 0 Å². The molecule has 2 N–H and O–H groups in total. The van der Waals surface area contributed by atoms with Crippen LogP contribution in [0.5, 0.6) is 5.75 Å². The molecule has 5 aromatic rings. The second-order valence-corrected chi connectivity index (χ2v) is 11.1.